The Kier molecular flexibility index (Phi) is 5.82. The number of amides is 1. The van der Waals surface area contributed by atoms with E-state index >= 15 is 0 Å². The fraction of sp³-hybridized carbons (Fsp3) is 0.333. The molecule has 2 N–H and O–H groups in total. The van der Waals surface area contributed by atoms with E-state index in [0.717, 1.165) is 36.7 Å². The highest BCUT2D eigenvalue weighted by molar-refractivity contribution is 7.17. The Morgan fingerprint density at radius 3 is 2.82 bits per heavy atom. The van der Waals surface area contributed by atoms with Gasteiger partial charge in [0.1, 0.15) is 11.5 Å². The SMILES string of the molecule is Cc1cc(C)c(CNC(=O)c2nc(-c3ccc(CN4CCCC4)o3)nc3ccsc23)c(=O)[nH]1. The molecule has 1 amide bonds. The van der Waals surface area contributed by atoms with Crippen molar-refractivity contribution in [1.29, 1.82) is 0 Å². The minimum atomic E-state index is -0.352. The maximum absolute atomic E-state index is 13.1. The van der Waals surface area contributed by atoms with Crippen LogP contribution in [0.25, 0.3) is 21.8 Å². The molecule has 5 rings (SSSR count). The quantitative estimate of drug-likeness (QED) is 0.451. The van der Waals surface area contributed by atoms with Gasteiger partial charge < -0.3 is 14.7 Å². The largest absolute Gasteiger partial charge is 0.456 e. The summed E-state index contributed by atoms with van der Waals surface area (Å²) in [6, 6.07) is 7.56. The zero-order valence-electron chi connectivity index (χ0n) is 18.6. The van der Waals surface area contributed by atoms with Crippen LogP contribution in [-0.4, -0.2) is 38.8 Å². The zero-order chi connectivity index (χ0) is 22.9. The van der Waals surface area contributed by atoms with Crippen LogP contribution >= 0.6 is 11.3 Å². The number of aryl methyl sites for hydroxylation is 2. The van der Waals surface area contributed by atoms with Crippen molar-refractivity contribution >= 4 is 27.5 Å². The molecule has 1 fully saturated rings. The number of likely N-dealkylation sites (tertiary alicyclic amines) is 1. The third-order valence-electron chi connectivity index (χ3n) is 5.90. The van der Waals surface area contributed by atoms with Crippen LogP contribution < -0.4 is 10.9 Å². The fourth-order valence-corrected chi connectivity index (χ4v) is 5.04. The van der Waals surface area contributed by atoms with E-state index in [1.807, 2.05) is 43.5 Å². The second kappa shape index (κ2) is 8.92. The van der Waals surface area contributed by atoms with Gasteiger partial charge in [-0.2, -0.15) is 0 Å². The Morgan fingerprint density at radius 2 is 2.03 bits per heavy atom. The standard InChI is InChI=1S/C24H25N5O3S/c1-14-11-15(2)26-23(30)17(14)12-25-24(31)20-21-18(7-10-33-21)27-22(28-20)19-6-5-16(32-19)13-29-8-3-4-9-29/h5-7,10-11H,3-4,8-9,12-13H2,1-2H3,(H,25,31)(H,26,30). The molecule has 0 unspecified atom stereocenters. The molecule has 5 heterocycles. The monoisotopic (exact) mass is 463 g/mol. The minimum Gasteiger partial charge on any atom is -0.456 e. The Bertz CT molecular complexity index is 1380. The predicted octanol–water partition coefficient (Wildman–Crippen LogP) is 3.78. The van der Waals surface area contributed by atoms with Crippen LogP contribution in [0.3, 0.4) is 0 Å². The first kappa shape index (κ1) is 21.5. The number of furan rings is 1. The molecular weight excluding hydrogens is 438 g/mol. The highest BCUT2D eigenvalue weighted by Gasteiger charge is 2.20. The summed E-state index contributed by atoms with van der Waals surface area (Å²) in [5, 5.41) is 4.74. The number of thiophene rings is 1. The van der Waals surface area contributed by atoms with Crippen molar-refractivity contribution in [1.82, 2.24) is 25.2 Å². The average molecular weight is 464 g/mol. The van der Waals surface area contributed by atoms with E-state index in [0.29, 0.717) is 27.4 Å². The van der Waals surface area contributed by atoms with Gasteiger partial charge in [0.2, 0.25) is 0 Å². The van der Waals surface area contributed by atoms with Gasteiger partial charge in [-0.1, -0.05) is 0 Å². The average Bonchev–Trinajstić information content (AvgIpc) is 3.54. The van der Waals surface area contributed by atoms with Gasteiger partial charge in [0.05, 0.1) is 16.8 Å². The maximum Gasteiger partial charge on any atom is 0.271 e. The molecule has 0 atom stereocenters. The molecule has 170 valence electrons. The van der Waals surface area contributed by atoms with Crippen LogP contribution in [0.1, 0.15) is 45.9 Å². The molecule has 0 radical (unpaired) electrons. The summed E-state index contributed by atoms with van der Waals surface area (Å²) >= 11 is 1.41. The molecule has 0 bridgehead atoms. The first-order valence-corrected chi connectivity index (χ1v) is 11.9. The van der Waals surface area contributed by atoms with Crippen LogP contribution in [0.2, 0.25) is 0 Å². The van der Waals surface area contributed by atoms with E-state index in [-0.39, 0.29) is 23.7 Å². The number of H-pyrrole nitrogens is 1. The normalized spacial score (nSPS) is 14.2. The zero-order valence-corrected chi connectivity index (χ0v) is 19.4. The lowest BCUT2D eigenvalue weighted by atomic mass is 10.1. The minimum absolute atomic E-state index is 0.118. The van der Waals surface area contributed by atoms with Crippen LogP contribution in [0, 0.1) is 13.8 Å². The van der Waals surface area contributed by atoms with Gasteiger partial charge in [-0.25, -0.2) is 9.97 Å². The number of nitrogens with one attached hydrogen (secondary N) is 2. The van der Waals surface area contributed by atoms with E-state index in [9.17, 15) is 9.59 Å². The van der Waals surface area contributed by atoms with Gasteiger partial charge in [-0.05, 0) is 75.0 Å². The van der Waals surface area contributed by atoms with Crippen molar-refractivity contribution in [3.63, 3.8) is 0 Å². The lowest BCUT2D eigenvalue weighted by molar-refractivity contribution is 0.0947. The summed E-state index contributed by atoms with van der Waals surface area (Å²) < 4.78 is 6.73. The first-order chi connectivity index (χ1) is 16.0. The summed E-state index contributed by atoms with van der Waals surface area (Å²) in [7, 11) is 0. The second-order valence-corrected chi connectivity index (χ2v) is 9.32. The fourth-order valence-electron chi connectivity index (χ4n) is 4.23. The number of hydrogen-bond donors (Lipinski definition) is 2. The Hall–Kier alpha value is -3.30. The highest BCUT2D eigenvalue weighted by Crippen LogP contribution is 2.27. The maximum atomic E-state index is 13.1. The van der Waals surface area contributed by atoms with E-state index in [2.05, 4.69) is 25.2 Å². The molecule has 0 spiro atoms. The molecule has 1 aliphatic rings. The van der Waals surface area contributed by atoms with E-state index in [1.165, 1.54) is 24.2 Å². The first-order valence-electron chi connectivity index (χ1n) is 11.0. The molecule has 33 heavy (non-hydrogen) atoms. The molecule has 4 aromatic rings. The van der Waals surface area contributed by atoms with Crippen LogP contribution in [0.4, 0.5) is 0 Å². The predicted molar refractivity (Wildman–Crippen MR) is 127 cm³/mol. The molecule has 1 aliphatic heterocycles. The smallest absolute Gasteiger partial charge is 0.271 e. The van der Waals surface area contributed by atoms with Crippen molar-refractivity contribution in [2.75, 3.05) is 13.1 Å². The number of aromatic nitrogens is 3. The molecule has 0 aromatic carbocycles. The summed E-state index contributed by atoms with van der Waals surface area (Å²) in [5.74, 6) is 1.43. The number of rotatable bonds is 6. The third kappa shape index (κ3) is 4.46. The van der Waals surface area contributed by atoms with Gasteiger partial charge in [0.25, 0.3) is 11.5 Å². The van der Waals surface area contributed by atoms with Crippen LogP contribution in [0.5, 0.6) is 0 Å². The van der Waals surface area contributed by atoms with Gasteiger partial charge in [0.15, 0.2) is 11.6 Å². The van der Waals surface area contributed by atoms with Crippen molar-refractivity contribution in [3.05, 3.63) is 68.3 Å². The Morgan fingerprint density at radius 1 is 1.21 bits per heavy atom. The number of carbonyl (C=O) groups is 1. The van der Waals surface area contributed by atoms with E-state index in [1.54, 1.807) is 0 Å². The highest BCUT2D eigenvalue weighted by atomic mass is 32.1. The van der Waals surface area contributed by atoms with Crippen molar-refractivity contribution in [3.8, 4) is 11.6 Å². The van der Waals surface area contributed by atoms with Gasteiger partial charge in [0, 0.05) is 17.8 Å². The lowest BCUT2D eigenvalue weighted by Gasteiger charge is -2.11. The summed E-state index contributed by atoms with van der Waals surface area (Å²) in [6.07, 6.45) is 2.44. The molecule has 1 saturated heterocycles. The van der Waals surface area contributed by atoms with Gasteiger partial charge >= 0.3 is 0 Å². The Balaban J connectivity index is 1.41. The molecule has 0 saturated carbocycles. The van der Waals surface area contributed by atoms with Crippen molar-refractivity contribution in [2.45, 2.75) is 39.8 Å². The molecule has 9 heteroatoms. The van der Waals surface area contributed by atoms with Crippen molar-refractivity contribution < 1.29 is 9.21 Å². The van der Waals surface area contributed by atoms with Crippen LogP contribution in [-0.2, 0) is 13.1 Å². The summed E-state index contributed by atoms with van der Waals surface area (Å²) in [4.78, 5) is 39.7. The number of fused-ring (bicyclic) bond motifs is 1. The molecule has 0 aliphatic carbocycles. The summed E-state index contributed by atoms with van der Waals surface area (Å²) in [5.41, 5.74) is 2.93. The van der Waals surface area contributed by atoms with Crippen molar-refractivity contribution in [2.24, 2.45) is 0 Å². The topological polar surface area (TPSA) is 104 Å². The van der Waals surface area contributed by atoms with Crippen LogP contribution in [0.15, 0.2) is 38.9 Å². The number of aromatic amines is 1. The molecular formula is C24H25N5O3S. The number of hydrogen-bond acceptors (Lipinski definition) is 7. The number of nitrogens with zero attached hydrogens (tertiary/aromatic N) is 3. The van der Waals surface area contributed by atoms with Gasteiger partial charge in [-0.3, -0.25) is 14.5 Å². The van der Waals surface area contributed by atoms with E-state index < -0.39 is 0 Å². The number of pyridine rings is 1. The molecule has 8 nitrogen and oxygen atoms in total. The molecule has 4 aromatic heterocycles. The Labute approximate surface area is 194 Å². The van der Waals surface area contributed by atoms with Gasteiger partial charge in [-0.15, -0.1) is 11.3 Å². The summed E-state index contributed by atoms with van der Waals surface area (Å²) in [6.45, 7) is 6.74. The number of carbonyl (C=O) groups excluding carboxylic acids is 1. The third-order valence-corrected chi connectivity index (χ3v) is 6.81. The second-order valence-electron chi connectivity index (χ2n) is 8.41. The van der Waals surface area contributed by atoms with E-state index in [4.69, 9.17) is 4.42 Å². The lowest BCUT2D eigenvalue weighted by Crippen LogP contribution is -2.28.